The zero-order valence-electron chi connectivity index (χ0n) is 7.62. The number of aromatic nitrogens is 1. The number of nitrogens with one attached hydrogen (secondary N) is 3. The van der Waals surface area contributed by atoms with Crippen LogP contribution in [0.15, 0.2) is 10.9 Å². The van der Waals surface area contributed by atoms with E-state index in [1.165, 1.54) is 6.07 Å². The van der Waals surface area contributed by atoms with Crippen LogP contribution in [-0.4, -0.2) is 19.3 Å². The van der Waals surface area contributed by atoms with Crippen LogP contribution >= 0.6 is 0 Å². The van der Waals surface area contributed by atoms with Crippen molar-refractivity contribution < 1.29 is 13.2 Å². The number of hydrogen-bond donors (Lipinski definition) is 3. The molecule has 0 spiro atoms. The van der Waals surface area contributed by atoms with Gasteiger partial charge in [0.25, 0.3) is 5.91 Å². The van der Waals surface area contributed by atoms with Gasteiger partial charge >= 0.3 is 10.2 Å². The van der Waals surface area contributed by atoms with Gasteiger partial charge in [-0.25, -0.2) is 4.72 Å². The van der Waals surface area contributed by atoms with E-state index >= 15 is 0 Å². The number of carbonyl (C=O) groups is 1. The summed E-state index contributed by atoms with van der Waals surface area (Å²) in [7, 11) is -3.90. The molecule has 0 saturated carbocycles. The number of rotatable bonds is 0. The van der Waals surface area contributed by atoms with Gasteiger partial charge in [-0.2, -0.15) is 8.42 Å². The van der Waals surface area contributed by atoms with Gasteiger partial charge in [0.05, 0.1) is 0 Å². The zero-order valence-corrected chi connectivity index (χ0v) is 8.44. The van der Waals surface area contributed by atoms with Crippen molar-refractivity contribution in [2.75, 3.05) is 4.72 Å². The Kier molecular flexibility index (Phi) is 1.83. The fraction of sp³-hybridized carbons (Fsp3) is 0.143. The van der Waals surface area contributed by atoms with Gasteiger partial charge in [-0.3, -0.25) is 14.3 Å². The molecule has 80 valence electrons. The van der Waals surface area contributed by atoms with Crippen LogP contribution in [0.5, 0.6) is 0 Å². The predicted molar refractivity (Wildman–Crippen MR) is 51.8 cm³/mol. The first-order chi connectivity index (χ1) is 6.89. The summed E-state index contributed by atoms with van der Waals surface area (Å²) in [6.07, 6.45) is 0. The molecule has 1 aromatic heterocycles. The molecular formula is C7H7N3O4S. The smallest absolute Gasteiger partial charge is 0.325 e. The Hall–Kier alpha value is -1.83. The molecule has 0 aliphatic carbocycles. The van der Waals surface area contributed by atoms with E-state index in [9.17, 15) is 18.0 Å². The summed E-state index contributed by atoms with van der Waals surface area (Å²) in [5, 5.41) is 0. The zero-order chi connectivity index (χ0) is 11.2. The summed E-state index contributed by atoms with van der Waals surface area (Å²) in [5.41, 5.74) is -0.285. The summed E-state index contributed by atoms with van der Waals surface area (Å²) in [4.78, 5) is 25.3. The molecule has 0 saturated heterocycles. The van der Waals surface area contributed by atoms with Crippen LogP contribution in [0.1, 0.15) is 16.1 Å². The SMILES string of the molecule is Cc1cc(=O)c2c([nH]1)NS(=O)(=O)NC2=O. The summed E-state index contributed by atoms with van der Waals surface area (Å²) >= 11 is 0. The minimum absolute atomic E-state index is 0.0937. The maximum atomic E-state index is 11.4. The lowest BCUT2D eigenvalue weighted by Gasteiger charge is -2.17. The summed E-state index contributed by atoms with van der Waals surface area (Å²) in [5.74, 6) is -1.02. The Morgan fingerprint density at radius 3 is 2.53 bits per heavy atom. The highest BCUT2D eigenvalue weighted by Gasteiger charge is 2.28. The molecule has 1 aliphatic heterocycles. The number of hydrogen-bond acceptors (Lipinski definition) is 4. The molecule has 15 heavy (non-hydrogen) atoms. The number of fused-ring (bicyclic) bond motifs is 1. The number of H-pyrrole nitrogens is 1. The van der Waals surface area contributed by atoms with Crippen molar-refractivity contribution >= 4 is 21.9 Å². The van der Waals surface area contributed by atoms with Crippen LogP contribution in [0.4, 0.5) is 5.82 Å². The van der Waals surface area contributed by atoms with Crippen molar-refractivity contribution in [1.82, 2.24) is 9.71 Å². The number of aryl methyl sites for hydroxylation is 1. The quantitative estimate of drug-likeness (QED) is 0.534. The van der Waals surface area contributed by atoms with Crippen LogP contribution in [-0.2, 0) is 10.2 Å². The maximum absolute atomic E-state index is 11.4. The number of pyridine rings is 1. The molecule has 1 amide bonds. The standard InChI is InChI=1S/C7H7N3O4S/c1-3-2-4(11)5-6(8-3)9-15(13,14)10-7(5)12/h2H,1H3,(H,10,12)(H2,8,9,11). The second-order valence-electron chi connectivity index (χ2n) is 3.10. The van der Waals surface area contributed by atoms with E-state index in [2.05, 4.69) is 4.98 Å². The van der Waals surface area contributed by atoms with E-state index in [0.29, 0.717) is 5.69 Å². The third-order valence-corrected chi connectivity index (χ3v) is 2.78. The fourth-order valence-corrected chi connectivity index (χ4v) is 2.14. The lowest BCUT2D eigenvalue weighted by atomic mass is 10.2. The Morgan fingerprint density at radius 1 is 1.20 bits per heavy atom. The Bertz CT molecular complexity index is 601. The molecule has 2 rings (SSSR count). The predicted octanol–water partition coefficient (Wildman–Crippen LogP) is -0.917. The second kappa shape index (κ2) is 2.83. The number of amides is 1. The largest absolute Gasteiger partial charge is 0.344 e. The summed E-state index contributed by atoms with van der Waals surface area (Å²) < 4.78 is 25.9. The molecule has 0 radical (unpaired) electrons. The van der Waals surface area contributed by atoms with Gasteiger partial charge in [-0.15, -0.1) is 0 Å². The molecule has 0 fully saturated rings. The molecule has 3 N–H and O–H groups in total. The Morgan fingerprint density at radius 2 is 1.87 bits per heavy atom. The second-order valence-corrected chi connectivity index (χ2v) is 4.52. The van der Waals surface area contributed by atoms with Gasteiger partial charge in [-0.1, -0.05) is 0 Å². The maximum Gasteiger partial charge on any atom is 0.325 e. The van der Waals surface area contributed by atoms with Gasteiger partial charge in [0, 0.05) is 11.8 Å². The topological polar surface area (TPSA) is 108 Å². The summed E-state index contributed by atoms with van der Waals surface area (Å²) in [6.45, 7) is 1.59. The van der Waals surface area contributed by atoms with Crippen LogP contribution in [0, 0.1) is 6.92 Å². The molecular weight excluding hydrogens is 222 g/mol. The minimum Gasteiger partial charge on any atom is -0.344 e. The van der Waals surface area contributed by atoms with Gasteiger partial charge in [0.15, 0.2) is 5.43 Å². The van der Waals surface area contributed by atoms with E-state index in [-0.39, 0.29) is 11.4 Å². The summed E-state index contributed by atoms with van der Waals surface area (Å²) in [6, 6.07) is 1.22. The Balaban J connectivity index is 2.76. The third kappa shape index (κ3) is 1.59. The molecule has 8 heteroatoms. The molecule has 0 atom stereocenters. The van der Waals surface area contributed by atoms with E-state index < -0.39 is 21.5 Å². The third-order valence-electron chi connectivity index (χ3n) is 1.86. The van der Waals surface area contributed by atoms with Gasteiger partial charge < -0.3 is 4.98 Å². The van der Waals surface area contributed by atoms with Crippen LogP contribution in [0.2, 0.25) is 0 Å². The highest BCUT2D eigenvalue weighted by Crippen LogP contribution is 2.14. The molecule has 7 nitrogen and oxygen atoms in total. The van der Waals surface area contributed by atoms with Crippen molar-refractivity contribution in [1.29, 1.82) is 0 Å². The molecule has 0 aromatic carbocycles. The molecule has 1 aromatic rings. The number of anilines is 1. The molecule has 0 unspecified atom stereocenters. The van der Waals surface area contributed by atoms with Crippen LogP contribution in [0.3, 0.4) is 0 Å². The van der Waals surface area contributed by atoms with E-state index in [1.54, 1.807) is 11.6 Å². The molecule has 0 bridgehead atoms. The number of aromatic amines is 1. The normalized spacial score (nSPS) is 17.5. The van der Waals surface area contributed by atoms with Crippen molar-refractivity contribution in [2.24, 2.45) is 0 Å². The van der Waals surface area contributed by atoms with Crippen LogP contribution in [0.25, 0.3) is 0 Å². The average molecular weight is 229 g/mol. The lowest BCUT2D eigenvalue weighted by Crippen LogP contribution is -2.43. The van der Waals surface area contributed by atoms with Gasteiger partial charge in [0.2, 0.25) is 0 Å². The first-order valence-electron chi connectivity index (χ1n) is 3.98. The highest BCUT2D eigenvalue weighted by atomic mass is 32.2. The fourth-order valence-electron chi connectivity index (χ4n) is 1.32. The van der Waals surface area contributed by atoms with E-state index in [1.807, 2.05) is 4.72 Å². The number of carbonyl (C=O) groups excluding carboxylic acids is 1. The molecule has 2 heterocycles. The molecule has 1 aliphatic rings. The van der Waals surface area contributed by atoms with Crippen molar-refractivity contribution in [3.63, 3.8) is 0 Å². The minimum atomic E-state index is -3.90. The van der Waals surface area contributed by atoms with E-state index in [0.717, 1.165) is 0 Å². The first-order valence-corrected chi connectivity index (χ1v) is 5.46. The average Bonchev–Trinajstić information content (AvgIpc) is 1.97. The Labute approximate surface area is 84.7 Å². The van der Waals surface area contributed by atoms with Crippen molar-refractivity contribution in [2.45, 2.75) is 6.92 Å². The van der Waals surface area contributed by atoms with E-state index in [4.69, 9.17) is 0 Å². The highest BCUT2D eigenvalue weighted by molar-refractivity contribution is 7.91. The van der Waals surface area contributed by atoms with Gasteiger partial charge in [-0.05, 0) is 6.92 Å². The van der Waals surface area contributed by atoms with Crippen molar-refractivity contribution in [3.8, 4) is 0 Å². The lowest BCUT2D eigenvalue weighted by molar-refractivity contribution is 0.0979. The van der Waals surface area contributed by atoms with Crippen molar-refractivity contribution in [3.05, 3.63) is 27.5 Å². The van der Waals surface area contributed by atoms with Crippen LogP contribution < -0.4 is 14.9 Å². The monoisotopic (exact) mass is 229 g/mol. The first kappa shape index (κ1) is 9.71. The van der Waals surface area contributed by atoms with Gasteiger partial charge in [0.1, 0.15) is 11.4 Å².